The van der Waals surface area contributed by atoms with E-state index in [2.05, 4.69) is 13.0 Å². The molecule has 0 amide bonds. The van der Waals surface area contributed by atoms with Gasteiger partial charge < -0.3 is 4.74 Å². The van der Waals surface area contributed by atoms with E-state index < -0.39 is 0 Å². The minimum atomic E-state index is 0.539. The fourth-order valence-corrected chi connectivity index (χ4v) is 2.19. The Kier molecular flexibility index (Phi) is 3.27. The van der Waals surface area contributed by atoms with Gasteiger partial charge in [0.1, 0.15) is 5.76 Å². The second-order valence-electron chi connectivity index (χ2n) is 3.93. The Bertz CT molecular complexity index is 466. The standard InChI is InChI=1S/C13H12Cl2O/c1-8-6-9(2)12(7-8)16-13-10(14)4-3-5-11(13)15/h3-6H,7H2,1-2H3. The van der Waals surface area contributed by atoms with Gasteiger partial charge in [-0.15, -0.1) is 0 Å². The van der Waals surface area contributed by atoms with Crippen molar-refractivity contribution in [1.82, 2.24) is 0 Å². The number of hydrogen-bond donors (Lipinski definition) is 0. The van der Waals surface area contributed by atoms with E-state index in [4.69, 9.17) is 27.9 Å². The molecule has 84 valence electrons. The van der Waals surface area contributed by atoms with E-state index in [-0.39, 0.29) is 0 Å². The third-order valence-electron chi connectivity index (χ3n) is 2.49. The molecule has 0 radical (unpaired) electrons. The summed E-state index contributed by atoms with van der Waals surface area (Å²) in [4.78, 5) is 0. The molecule has 0 fully saturated rings. The van der Waals surface area contributed by atoms with Crippen LogP contribution in [0.2, 0.25) is 10.0 Å². The first-order chi connectivity index (χ1) is 7.58. The molecule has 0 heterocycles. The van der Waals surface area contributed by atoms with Gasteiger partial charge in [0, 0.05) is 6.42 Å². The number of para-hydroxylation sites is 1. The van der Waals surface area contributed by atoms with Crippen molar-refractivity contribution in [2.24, 2.45) is 0 Å². The quantitative estimate of drug-likeness (QED) is 0.722. The monoisotopic (exact) mass is 254 g/mol. The first-order valence-electron chi connectivity index (χ1n) is 5.06. The molecule has 0 aliphatic heterocycles. The van der Waals surface area contributed by atoms with Crippen molar-refractivity contribution in [3.63, 3.8) is 0 Å². The fraction of sp³-hybridized carbons (Fsp3) is 0.231. The van der Waals surface area contributed by atoms with Crippen molar-refractivity contribution in [3.05, 3.63) is 51.2 Å². The molecule has 0 atom stereocenters. The van der Waals surface area contributed by atoms with Gasteiger partial charge in [0.05, 0.1) is 10.0 Å². The van der Waals surface area contributed by atoms with Gasteiger partial charge in [-0.1, -0.05) is 40.9 Å². The molecule has 1 aliphatic rings. The lowest BCUT2D eigenvalue weighted by molar-refractivity contribution is 0.413. The van der Waals surface area contributed by atoms with Crippen LogP contribution >= 0.6 is 23.2 Å². The average molecular weight is 255 g/mol. The molecule has 3 heteroatoms. The van der Waals surface area contributed by atoms with Crippen molar-refractivity contribution in [3.8, 4) is 5.75 Å². The maximum atomic E-state index is 6.04. The van der Waals surface area contributed by atoms with Gasteiger partial charge in [0.15, 0.2) is 5.75 Å². The van der Waals surface area contributed by atoms with E-state index in [1.807, 2.05) is 6.92 Å². The highest BCUT2D eigenvalue weighted by molar-refractivity contribution is 6.37. The molecule has 0 N–H and O–H groups in total. The van der Waals surface area contributed by atoms with Gasteiger partial charge in [0.25, 0.3) is 0 Å². The van der Waals surface area contributed by atoms with Crippen LogP contribution in [0.15, 0.2) is 41.2 Å². The molecule has 0 saturated heterocycles. The first-order valence-corrected chi connectivity index (χ1v) is 5.82. The number of benzene rings is 1. The van der Waals surface area contributed by atoms with Crippen molar-refractivity contribution in [2.45, 2.75) is 20.3 Å². The lowest BCUT2D eigenvalue weighted by Gasteiger charge is -2.11. The minimum absolute atomic E-state index is 0.539. The molecule has 0 unspecified atom stereocenters. The van der Waals surface area contributed by atoms with E-state index in [9.17, 15) is 0 Å². The van der Waals surface area contributed by atoms with E-state index in [1.54, 1.807) is 18.2 Å². The van der Waals surface area contributed by atoms with E-state index in [0.29, 0.717) is 15.8 Å². The third-order valence-corrected chi connectivity index (χ3v) is 3.08. The lowest BCUT2D eigenvalue weighted by Crippen LogP contribution is -1.96. The van der Waals surface area contributed by atoms with Crippen molar-refractivity contribution < 1.29 is 4.74 Å². The van der Waals surface area contributed by atoms with Gasteiger partial charge in [-0.25, -0.2) is 0 Å². The average Bonchev–Trinajstić information content (AvgIpc) is 2.51. The molecule has 0 spiro atoms. The largest absolute Gasteiger partial charge is 0.458 e. The summed E-state index contributed by atoms with van der Waals surface area (Å²) in [6.45, 7) is 4.10. The van der Waals surface area contributed by atoms with Crippen LogP contribution in [-0.2, 0) is 0 Å². The summed E-state index contributed by atoms with van der Waals surface area (Å²) < 4.78 is 5.78. The second kappa shape index (κ2) is 4.52. The van der Waals surface area contributed by atoms with E-state index in [1.165, 1.54) is 5.57 Å². The second-order valence-corrected chi connectivity index (χ2v) is 4.74. The van der Waals surface area contributed by atoms with Crippen molar-refractivity contribution >= 4 is 23.2 Å². The Morgan fingerprint density at radius 3 is 2.25 bits per heavy atom. The summed E-state index contributed by atoms with van der Waals surface area (Å²) in [7, 11) is 0. The maximum absolute atomic E-state index is 6.04. The first kappa shape index (κ1) is 11.6. The highest BCUT2D eigenvalue weighted by Gasteiger charge is 2.15. The Morgan fingerprint density at radius 1 is 1.12 bits per heavy atom. The van der Waals surface area contributed by atoms with Crippen molar-refractivity contribution in [2.75, 3.05) is 0 Å². The van der Waals surface area contributed by atoms with E-state index in [0.717, 1.165) is 17.8 Å². The van der Waals surface area contributed by atoms with Gasteiger partial charge in [-0.2, -0.15) is 0 Å². The van der Waals surface area contributed by atoms with Crippen molar-refractivity contribution in [1.29, 1.82) is 0 Å². The Balaban J connectivity index is 2.27. The predicted octanol–water partition coefficient (Wildman–Crippen LogP) is 5.00. The molecule has 0 saturated carbocycles. The molecule has 1 aliphatic carbocycles. The van der Waals surface area contributed by atoms with Crippen LogP contribution in [0.5, 0.6) is 5.75 Å². The molecule has 1 nitrogen and oxygen atoms in total. The normalized spacial score (nSPS) is 15.4. The maximum Gasteiger partial charge on any atom is 0.164 e. The zero-order valence-electron chi connectivity index (χ0n) is 9.18. The Morgan fingerprint density at radius 2 is 1.75 bits per heavy atom. The molecule has 0 aromatic heterocycles. The molecule has 1 aromatic carbocycles. The number of allylic oxidation sites excluding steroid dienone is 3. The number of hydrogen-bond acceptors (Lipinski definition) is 1. The smallest absolute Gasteiger partial charge is 0.164 e. The zero-order chi connectivity index (χ0) is 11.7. The summed E-state index contributed by atoms with van der Waals surface area (Å²) >= 11 is 12.1. The highest BCUT2D eigenvalue weighted by atomic mass is 35.5. The van der Waals surface area contributed by atoms with Crippen LogP contribution in [0.25, 0.3) is 0 Å². The van der Waals surface area contributed by atoms with Crippen LogP contribution in [0, 0.1) is 0 Å². The molecule has 0 bridgehead atoms. The molecule has 2 rings (SSSR count). The van der Waals surface area contributed by atoms with E-state index >= 15 is 0 Å². The SMILES string of the molecule is CC1=CC(C)=C(Oc2c(Cl)cccc2Cl)C1. The van der Waals surface area contributed by atoms with Gasteiger partial charge >= 0.3 is 0 Å². The predicted molar refractivity (Wildman–Crippen MR) is 68.2 cm³/mol. The number of ether oxygens (including phenoxy) is 1. The highest BCUT2D eigenvalue weighted by Crippen LogP contribution is 2.36. The summed E-state index contributed by atoms with van der Waals surface area (Å²) in [6, 6.07) is 5.35. The topological polar surface area (TPSA) is 9.23 Å². The summed E-state index contributed by atoms with van der Waals surface area (Å²) in [6.07, 6.45) is 2.94. The van der Waals surface area contributed by atoms with Gasteiger partial charge in [-0.3, -0.25) is 0 Å². The van der Waals surface area contributed by atoms with Crippen LogP contribution in [0.3, 0.4) is 0 Å². The Labute approximate surface area is 105 Å². The van der Waals surface area contributed by atoms with Gasteiger partial charge in [-0.05, 0) is 31.6 Å². The van der Waals surface area contributed by atoms with Crippen LogP contribution in [-0.4, -0.2) is 0 Å². The Hall–Kier alpha value is -0.920. The third kappa shape index (κ3) is 2.26. The number of halogens is 2. The molecule has 1 aromatic rings. The van der Waals surface area contributed by atoms with Crippen LogP contribution < -0.4 is 4.74 Å². The molecular formula is C13H12Cl2O. The molecular weight excluding hydrogens is 243 g/mol. The lowest BCUT2D eigenvalue weighted by atomic mass is 10.2. The van der Waals surface area contributed by atoms with Crippen LogP contribution in [0.4, 0.5) is 0 Å². The number of rotatable bonds is 2. The summed E-state index contributed by atoms with van der Waals surface area (Å²) in [5.41, 5.74) is 2.42. The minimum Gasteiger partial charge on any atom is -0.458 e. The molecule has 16 heavy (non-hydrogen) atoms. The zero-order valence-corrected chi connectivity index (χ0v) is 10.7. The summed E-state index contributed by atoms with van der Waals surface area (Å²) in [5.74, 6) is 1.47. The van der Waals surface area contributed by atoms with Crippen LogP contribution in [0.1, 0.15) is 20.3 Å². The van der Waals surface area contributed by atoms with Gasteiger partial charge in [0.2, 0.25) is 0 Å². The fourth-order valence-electron chi connectivity index (χ4n) is 1.71. The summed E-state index contributed by atoms with van der Waals surface area (Å²) in [5, 5.41) is 1.08.